The Morgan fingerprint density at radius 2 is 2.08 bits per heavy atom. The molecule has 0 radical (unpaired) electrons. The van der Waals surface area contributed by atoms with E-state index in [-0.39, 0.29) is 5.56 Å². The Bertz CT molecular complexity index is 990. The zero-order valence-electron chi connectivity index (χ0n) is 14.3. The van der Waals surface area contributed by atoms with E-state index in [0.717, 1.165) is 35.0 Å². The summed E-state index contributed by atoms with van der Waals surface area (Å²) in [5, 5.41) is 0.780. The smallest absolute Gasteiger partial charge is 0.260 e. The number of hydrogen-bond acceptors (Lipinski definition) is 5. The Labute approximate surface area is 149 Å². The number of aromatic nitrogens is 2. The van der Waals surface area contributed by atoms with E-state index in [9.17, 15) is 4.79 Å². The third-order valence-electron chi connectivity index (χ3n) is 4.56. The molecule has 1 aromatic carbocycles. The number of rotatable bonds is 4. The summed E-state index contributed by atoms with van der Waals surface area (Å²) in [7, 11) is 1.61. The summed E-state index contributed by atoms with van der Waals surface area (Å²) in [5.74, 6) is 1.89. The van der Waals surface area contributed by atoms with E-state index in [2.05, 4.69) is 4.98 Å². The Hall–Kier alpha value is -2.34. The van der Waals surface area contributed by atoms with Crippen molar-refractivity contribution >= 4 is 21.6 Å². The zero-order chi connectivity index (χ0) is 17.4. The predicted molar refractivity (Wildman–Crippen MR) is 100 cm³/mol. The van der Waals surface area contributed by atoms with Crippen LogP contribution in [0.1, 0.15) is 30.2 Å². The highest BCUT2D eigenvalue weighted by Gasteiger charge is 2.20. The summed E-state index contributed by atoms with van der Waals surface area (Å²) < 4.78 is 11.0. The first-order valence-electron chi connectivity index (χ1n) is 8.57. The fourth-order valence-electron chi connectivity index (χ4n) is 3.39. The molecule has 0 amide bonds. The molecule has 1 aliphatic rings. The molecule has 1 aliphatic carbocycles. The molecule has 1 N–H and O–H groups in total. The van der Waals surface area contributed by atoms with Gasteiger partial charge in [-0.15, -0.1) is 11.3 Å². The number of aryl methyl sites for hydroxylation is 2. The molecule has 5 nitrogen and oxygen atoms in total. The van der Waals surface area contributed by atoms with Crippen molar-refractivity contribution in [3.05, 3.63) is 39.0 Å². The molecule has 0 unspecified atom stereocenters. The van der Waals surface area contributed by atoms with Gasteiger partial charge in [0.15, 0.2) is 11.5 Å². The molecular weight excluding hydrogens is 336 g/mol. The lowest BCUT2D eigenvalue weighted by molar-refractivity contribution is 0.311. The maximum absolute atomic E-state index is 12.7. The molecule has 0 bridgehead atoms. The van der Waals surface area contributed by atoms with Crippen LogP contribution in [0, 0.1) is 0 Å². The number of ether oxygens (including phenoxy) is 2. The van der Waals surface area contributed by atoms with E-state index < -0.39 is 0 Å². The zero-order valence-corrected chi connectivity index (χ0v) is 15.2. The molecule has 0 spiro atoms. The van der Waals surface area contributed by atoms with Crippen LogP contribution in [0.25, 0.3) is 21.6 Å². The highest BCUT2D eigenvalue weighted by Crippen LogP contribution is 2.35. The molecule has 130 valence electrons. The molecule has 2 aromatic heterocycles. The Balaban J connectivity index is 1.85. The maximum Gasteiger partial charge on any atom is 0.260 e. The average molecular weight is 356 g/mol. The number of aromatic amines is 1. The molecule has 3 aromatic rings. The number of fused-ring (bicyclic) bond motifs is 3. The van der Waals surface area contributed by atoms with Gasteiger partial charge in [0.2, 0.25) is 0 Å². The van der Waals surface area contributed by atoms with Gasteiger partial charge in [-0.3, -0.25) is 4.79 Å². The monoisotopic (exact) mass is 356 g/mol. The minimum Gasteiger partial charge on any atom is -0.493 e. The Kier molecular flexibility index (Phi) is 4.21. The van der Waals surface area contributed by atoms with E-state index in [1.54, 1.807) is 18.4 Å². The van der Waals surface area contributed by atoms with E-state index >= 15 is 0 Å². The molecule has 25 heavy (non-hydrogen) atoms. The molecule has 0 saturated heterocycles. The van der Waals surface area contributed by atoms with Gasteiger partial charge in [-0.05, 0) is 56.4 Å². The number of H-pyrrole nitrogens is 1. The lowest BCUT2D eigenvalue weighted by Crippen LogP contribution is -2.11. The molecule has 0 fully saturated rings. The molecular formula is C19H20N2O3S. The van der Waals surface area contributed by atoms with Gasteiger partial charge in [-0.1, -0.05) is 0 Å². The van der Waals surface area contributed by atoms with Crippen LogP contribution in [0.2, 0.25) is 0 Å². The summed E-state index contributed by atoms with van der Waals surface area (Å²) in [4.78, 5) is 22.5. The van der Waals surface area contributed by atoms with Crippen molar-refractivity contribution in [2.45, 2.75) is 32.6 Å². The molecule has 4 rings (SSSR count). The summed E-state index contributed by atoms with van der Waals surface area (Å²) in [6, 6.07) is 5.59. The normalized spacial score (nSPS) is 13.7. The van der Waals surface area contributed by atoms with Gasteiger partial charge in [0.25, 0.3) is 5.56 Å². The van der Waals surface area contributed by atoms with Crippen molar-refractivity contribution in [3.63, 3.8) is 0 Å². The maximum atomic E-state index is 12.7. The van der Waals surface area contributed by atoms with Crippen molar-refractivity contribution < 1.29 is 9.47 Å². The van der Waals surface area contributed by atoms with Crippen LogP contribution in [0.3, 0.4) is 0 Å². The molecule has 0 saturated carbocycles. The van der Waals surface area contributed by atoms with Gasteiger partial charge in [-0.2, -0.15) is 0 Å². The van der Waals surface area contributed by atoms with Gasteiger partial charge < -0.3 is 14.5 Å². The van der Waals surface area contributed by atoms with Crippen LogP contribution in [0.15, 0.2) is 23.0 Å². The number of thiophene rings is 1. The van der Waals surface area contributed by atoms with Crippen LogP contribution in [-0.4, -0.2) is 23.7 Å². The Morgan fingerprint density at radius 3 is 2.88 bits per heavy atom. The van der Waals surface area contributed by atoms with Crippen molar-refractivity contribution in [1.82, 2.24) is 9.97 Å². The van der Waals surface area contributed by atoms with E-state index in [1.807, 2.05) is 25.1 Å². The first-order chi connectivity index (χ1) is 12.2. The third kappa shape index (κ3) is 2.80. The molecule has 2 heterocycles. The minimum absolute atomic E-state index is 0.0480. The van der Waals surface area contributed by atoms with Crippen LogP contribution in [-0.2, 0) is 12.8 Å². The van der Waals surface area contributed by atoms with Gasteiger partial charge >= 0.3 is 0 Å². The van der Waals surface area contributed by atoms with Gasteiger partial charge in [0.1, 0.15) is 10.7 Å². The van der Waals surface area contributed by atoms with Crippen molar-refractivity contribution in [2.75, 3.05) is 13.7 Å². The summed E-state index contributed by atoms with van der Waals surface area (Å²) >= 11 is 1.66. The Morgan fingerprint density at radius 1 is 1.24 bits per heavy atom. The standard InChI is InChI=1S/C19H20N2O3S/c1-3-24-14-10-11(8-9-13(14)23-2)17-20-18(22)16-12-6-4-5-7-15(12)25-19(16)21-17/h8-10H,3-7H2,1-2H3,(H,20,21,22). The van der Waals surface area contributed by atoms with Crippen molar-refractivity contribution in [2.24, 2.45) is 0 Å². The van der Waals surface area contributed by atoms with E-state index in [4.69, 9.17) is 14.5 Å². The van der Waals surface area contributed by atoms with Gasteiger partial charge in [0.05, 0.1) is 19.1 Å². The van der Waals surface area contributed by atoms with E-state index in [1.165, 1.54) is 16.9 Å². The number of methoxy groups -OCH3 is 1. The fraction of sp³-hybridized carbons (Fsp3) is 0.368. The lowest BCUT2D eigenvalue weighted by atomic mass is 9.97. The summed E-state index contributed by atoms with van der Waals surface area (Å²) in [6.45, 7) is 2.47. The lowest BCUT2D eigenvalue weighted by Gasteiger charge is -2.11. The van der Waals surface area contributed by atoms with E-state index in [0.29, 0.717) is 23.9 Å². The molecule has 0 atom stereocenters. The van der Waals surface area contributed by atoms with Crippen molar-refractivity contribution in [1.29, 1.82) is 0 Å². The van der Waals surface area contributed by atoms with Crippen molar-refractivity contribution in [3.8, 4) is 22.9 Å². The number of nitrogens with zero attached hydrogens (tertiary/aromatic N) is 1. The number of benzene rings is 1. The first-order valence-corrected chi connectivity index (χ1v) is 9.38. The SMILES string of the molecule is CCOc1cc(-c2nc3sc4c(c3c(=O)[nH]2)CCCC4)ccc1OC. The quantitative estimate of drug-likeness (QED) is 0.769. The number of nitrogens with one attached hydrogen (secondary N) is 1. The molecule has 6 heteroatoms. The second kappa shape index (κ2) is 6.52. The van der Waals surface area contributed by atoms with Gasteiger partial charge in [-0.25, -0.2) is 4.98 Å². The molecule has 0 aliphatic heterocycles. The third-order valence-corrected chi connectivity index (χ3v) is 5.75. The number of hydrogen-bond donors (Lipinski definition) is 1. The predicted octanol–water partition coefficient (Wildman–Crippen LogP) is 3.94. The topological polar surface area (TPSA) is 64.2 Å². The van der Waals surface area contributed by atoms with Crippen LogP contribution < -0.4 is 15.0 Å². The highest BCUT2D eigenvalue weighted by molar-refractivity contribution is 7.18. The second-order valence-corrected chi connectivity index (χ2v) is 7.19. The van der Waals surface area contributed by atoms with Gasteiger partial charge in [0, 0.05) is 10.4 Å². The fourth-order valence-corrected chi connectivity index (χ4v) is 4.65. The minimum atomic E-state index is -0.0480. The van der Waals surface area contributed by atoms with Crippen LogP contribution in [0.4, 0.5) is 0 Å². The first kappa shape index (κ1) is 16.1. The van der Waals surface area contributed by atoms with Crippen LogP contribution >= 0.6 is 11.3 Å². The highest BCUT2D eigenvalue weighted by atomic mass is 32.1. The second-order valence-electron chi connectivity index (χ2n) is 6.10. The summed E-state index contributed by atoms with van der Waals surface area (Å²) in [5.41, 5.74) is 1.97. The van der Waals surface area contributed by atoms with Crippen LogP contribution in [0.5, 0.6) is 11.5 Å². The summed E-state index contributed by atoms with van der Waals surface area (Å²) in [6.07, 6.45) is 4.38. The average Bonchev–Trinajstić information content (AvgIpc) is 3.00. The largest absolute Gasteiger partial charge is 0.493 e.